The number of hydrogen-bond acceptors (Lipinski definition) is 3. The average Bonchev–Trinajstić information content (AvgIpc) is 3.21. The maximum Gasteiger partial charge on any atom is 0.251 e. The standard InChI is InChI=1S/C29H32ClN3O2/c1-21-10-3-4-11-24(21)29(34)31-17-9-14-28-32-26-12-5-6-13-27(26)33(28)18-7-8-19-35-23-15-16-25(30)22(2)20-23/h3-6,10-13,15-16,20H,7-9,14,17-19H2,1-2H3,(H,31,34). The molecule has 0 saturated carbocycles. The fourth-order valence-electron chi connectivity index (χ4n) is 4.21. The van der Waals surface area contributed by atoms with Crippen LogP contribution in [0.1, 0.15) is 46.6 Å². The van der Waals surface area contributed by atoms with Crippen LogP contribution in [0.4, 0.5) is 0 Å². The Kier molecular flexibility index (Phi) is 8.43. The first-order valence-corrected chi connectivity index (χ1v) is 12.6. The third kappa shape index (κ3) is 6.43. The molecule has 0 radical (unpaired) electrons. The highest BCUT2D eigenvalue weighted by atomic mass is 35.5. The summed E-state index contributed by atoms with van der Waals surface area (Å²) in [5, 5.41) is 3.80. The number of para-hydroxylation sites is 2. The van der Waals surface area contributed by atoms with Crippen molar-refractivity contribution in [3.8, 4) is 5.75 Å². The second-order valence-electron chi connectivity index (χ2n) is 8.81. The first kappa shape index (κ1) is 24.8. The summed E-state index contributed by atoms with van der Waals surface area (Å²) in [6.45, 7) is 6.10. The van der Waals surface area contributed by atoms with Crippen molar-refractivity contribution in [2.45, 2.75) is 46.1 Å². The van der Waals surface area contributed by atoms with Gasteiger partial charge in [0.25, 0.3) is 5.91 Å². The van der Waals surface area contributed by atoms with E-state index in [0.717, 1.165) is 76.5 Å². The van der Waals surface area contributed by atoms with E-state index in [4.69, 9.17) is 21.3 Å². The molecular weight excluding hydrogens is 458 g/mol. The molecule has 0 spiro atoms. The number of carbonyl (C=O) groups excluding carboxylic acids is 1. The number of benzene rings is 3. The molecule has 4 aromatic rings. The zero-order valence-electron chi connectivity index (χ0n) is 20.4. The van der Waals surface area contributed by atoms with Gasteiger partial charge in [-0.2, -0.15) is 0 Å². The summed E-state index contributed by atoms with van der Waals surface area (Å²) in [7, 11) is 0. The van der Waals surface area contributed by atoms with Crippen LogP contribution in [-0.2, 0) is 13.0 Å². The fourth-order valence-corrected chi connectivity index (χ4v) is 4.32. The molecule has 1 heterocycles. The van der Waals surface area contributed by atoms with Crippen LogP contribution in [0.3, 0.4) is 0 Å². The van der Waals surface area contributed by atoms with Crippen LogP contribution in [-0.4, -0.2) is 28.6 Å². The highest BCUT2D eigenvalue weighted by Crippen LogP contribution is 2.22. The maximum atomic E-state index is 12.5. The van der Waals surface area contributed by atoms with Gasteiger partial charge in [0.1, 0.15) is 11.6 Å². The summed E-state index contributed by atoms with van der Waals surface area (Å²) >= 11 is 6.09. The lowest BCUT2D eigenvalue weighted by atomic mass is 10.1. The molecule has 5 nitrogen and oxygen atoms in total. The lowest BCUT2D eigenvalue weighted by Crippen LogP contribution is -2.25. The Morgan fingerprint density at radius 2 is 1.77 bits per heavy atom. The summed E-state index contributed by atoms with van der Waals surface area (Å²) in [5.74, 6) is 1.89. The maximum absolute atomic E-state index is 12.5. The molecule has 6 heteroatoms. The Labute approximate surface area is 212 Å². The minimum absolute atomic E-state index is 0.0208. The van der Waals surface area contributed by atoms with Gasteiger partial charge in [-0.1, -0.05) is 41.9 Å². The molecule has 182 valence electrons. The van der Waals surface area contributed by atoms with E-state index in [0.29, 0.717) is 13.2 Å². The fraction of sp³-hybridized carbons (Fsp3) is 0.310. The van der Waals surface area contributed by atoms with Crippen molar-refractivity contribution in [3.05, 3.63) is 94.3 Å². The summed E-state index contributed by atoms with van der Waals surface area (Å²) < 4.78 is 8.21. The van der Waals surface area contributed by atoms with Crippen molar-refractivity contribution in [2.24, 2.45) is 0 Å². The minimum atomic E-state index is -0.0208. The summed E-state index contributed by atoms with van der Waals surface area (Å²) in [5.41, 5.74) is 4.91. The first-order chi connectivity index (χ1) is 17.0. The highest BCUT2D eigenvalue weighted by molar-refractivity contribution is 6.31. The molecule has 1 amide bonds. The van der Waals surface area contributed by atoms with E-state index in [1.165, 1.54) is 0 Å². The molecule has 0 aliphatic carbocycles. The second-order valence-corrected chi connectivity index (χ2v) is 9.22. The zero-order valence-corrected chi connectivity index (χ0v) is 21.1. The molecule has 0 aliphatic heterocycles. The number of aromatic nitrogens is 2. The van der Waals surface area contributed by atoms with E-state index in [9.17, 15) is 4.79 Å². The van der Waals surface area contributed by atoms with Crippen LogP contribution < -0.4 is 10.1 Å². The van der Waals surface area contributed by atoms with E-state index < -0.39 is 0 Å². The molecule has 4 rings (SSSR count). The van der Waals surface area contributed by atoms with Gasteiger partial charge < -0.3 is 14.6 Å². The molecule has 3 aromatic carbocycles. The van der Waals surface area contributed by atoms with Crippen molar-refractivity contribution in [1.82, 2.24) is 14.9 Å². The predicted molar refractivity (Wildman–Crippen MR) is 142 cm³/mol. The van der Waals surface area contributed by atoms with Gasteiger partial charge in [-0.15, -0.1) is 0 Å². The smallest absolute Gasteiger partial charge is 0.251 e. The van der Waals surface area contributed by atoms with Gasteiger partial charge in [-0.3, -0.25) is 4.79 Å². The Morgan fingerprint density at radius 1 is 0.971 bits per heavy atom. The third-order valence-corrected chi connectivity index (χ3v) is 6.58. The number of nitrogens with zero attached hydrogens (tertiary/aromatic N) is 2. The van der Waals surface area contributed by atoms with Crippen molar-refractivity contribution < 1.29 is 9.53 Å². The summed E-state index contributed by atoms with van der Waals surface area (Å²) in [4.78, 5) is 17.3. The topological polar surface area (TPSA) is 56.1 Å². The molecule has 1 N–H and O–H groups in total. The number of ether oxygens (including phenoxy) is 1. The Balaban J connectivity index is 1.29. The lowest BCUT2D eigenvalue weighted by Gasteiger charge is -2.11. The number of nitrogens with one attached hydrogen (secondary N) is 1. The van der Waals surface area contributed by atoms with E-state index >= 15 is 0 Å². The predicted octanol–water partition coefficient (Wildman–Crippen LogP) is 6.53. The zero-order chi connectivity index (χ0) is 24.6. The molecule has 0 aliphatic rings. The monoisotopic (exact) mass is 489 g/mol. The van der Waals surface area contributed by atoms with E-state index in [1.54, 1.807) is 0 Å². The van der Waals surface area contributed by atoms with Crippen LogP contribution in [0.15, 0.2) is 66.7 Å². The Bertz CT molecular complexity index is 1300. The van der Waals surface area contributed by atoms with Crippen molar-refractivity contribution in [1.29, 1.82) is 0 Å². The summed E-state index contributed by atoms with van der Waals surface area (Å²) in [6.07, 6.45) is 3.58. The lowest BCUT2D eigenvalue weighted by molar-refractivity contribution is 0.0952. The molecular formula is C29H32ClN3O2. The van der Waals surface area contributed by atoms with E-state index in [1.807, 2.05) is 62.4 Å². The van der Waals surface area contributed by atoms with E-state index in [2.05, 4.69) is 28.1 Å². The SMILES string of the molecule is Cc1cc(OCCCCn2c(CCCNC(=O)c3ccccc3C)nc3ccccc32)ccc1Cl. The molecule has 0 saturated heterocycles. The quantitative estimate of drug-likeness (QED) is 0.244. The van der Waals surface area contributed by atoms with E-state index in [-0.39, 0.29) is 5.91 Å². The molecule has 0 atom stereocenters. The number of rotatable bonds is 11. The first-order valence-electron chi connectivity index (χ1n) is 12.2. The normalized spacial score (nSPS) is 11.1. The third-order valence-electron chi connectivity index (χ3n) is 6.16. The second kappa shape index (κ2) is 11.9. The number of hydrogen-bond donors (Lipinski definition) is 1. The number of unbranched alkanes of at least 4 members (excludes halogenated alkanes) is 1. The molecule has 0 unspecified atom stereocenters. The number of aryl methyl sites for hydroxylation is 4. The molecule has 35 heavy (non-hydrogen) atoms. The largest absolute Gasteiger partial charge is 0.494 e. The van der Waals surface area contributed by atoms with Crippen LogP contribution in [0.25, 0.3) is 11.0 Å². The molecule has 1 aromatic heterocycles. The number of amides is 1. The van der Waals surface area contributed by atoms with Gasteiger partial charge in [0.15, 0.2) is 0 Å². The van der Waals surface area contributed by atoms with Crippen LogP contribution in [0.2, 0.25) is 5.02 Å². The van der Waals surface area contributed by atoms with Gasteiger partial charge >= 0.3 is 0 Å². The van der Waals surface area contributed by atoms with Gasteiger partial charge in [0.2, 0.25) is 0 Å². The number of imidazole rings is 1. The van der Waals surface area contributed by atoms with Gasteiger partial charge in [-0.25, -0.2) is 4.98 Å². The Morgan fingerprint density at radius 3 is 2.60 bits per heavy atom. The minimum Gasteiger partial charge on any atom is -0.494 e. The number of fused-ring (bicyclic) bond motifs is 1. The molecule has 0 bridgehead atoms. The van der Waals surface area contributed by atoms with Crippen LogP contribution in [0, 0.1) is 13.8 Å². The van der Waals surface area contributed by atoms with Gasteiger partial charge in [-0.05, 0) is 80.6 Å². The Hall–Kier alpha value is -3.31. The van der Waals surface area contributed by atoms with Crippen molar-refractivity contribution in [2.75, 3.05) is 13.2 Å². The van der Waals surface area contributed by atoms with Crippen molar-refractivity contribution >= 4 is 28.5 Å². The van der Waals surface area contributed by atoms with Gasteiger partial charge in [0, 0.05) is 30.1 Å². The van der Waals surface area contributed by atoms with Crippen molar-refractivity contribution in [3.63, 3.8) is 0 Å². The van der Waals surface area contributed by atoms with Crippen LogP contribution >= 0.6 is 11.6 Å². The highest BCUT2D eigenvalue weighted by Gasteiger charge is 2.11. The molecule has 0 fully saturated rings. The average molecular weight is 490 g/mol. The van der Waals surface area contributed by atoms with Crippen LogP contribution in [0.5, 0.6) is 5.75 Å². The number of halogens is 1. The summed E-state index contributed by atoms with van der Waals surface area (Å²) in [6, 6.07) is 21.7. The number of carbonyl (C=O) groups is 1. The van der Waals surface area contributed by atoms with Gasteiger partial charge in [0.05, 0.1) is 17.6 Å².